The molecule has 1 aromatic rings. The molecule has 0 atom stereocenters. The zero-order valence-electron chi connectivity index (χ0n) is 12.8. The molecular formula is C15H18N2O5. The normalized spacial score (nSPS) is 17.8. The average Bonchev–Trinajstić information content (AvgIpc) is 3.10. The Hall–Kier alpha value is -2.44. The second kappa shape index (κ2) is 5.40. The zero-order chi connectivity index (χ0) is 15.9. The van der Waals surface area contributed by atoms with Crippen LogP contribution < -0.4 is 14.5 Å². The molecule has 2 fully saturated rings. The van der Waals surface area contributed by atoms with Gasteiger partial charge in [-0.05, 0) is 31.0 Å². The van der Waals surface area contributed by atoms with Gasteiger partial charge in [-0.15, -0.1) is 0 Å². The van der Waals surface area contributed by atoms with E-state index < -0.39 is 6.09 Å². The van der Waals surface area contributed by atoms with Gasteiger partial charge in [-0.1, -0.05) is 0 Å². The molecule has 2 amide bonds. The zero-order valence-corrected chi connectivity index (χ0v) is 12.8. The number of ether oxygens (including phenoxy) is 3. The molecule has 2 aliphatic rings. The molecule has 2 saturated heterocycles. The summed E-state index contributed by atoms with van der Waals surface area (Å²) in [7, 11) is 1.57. The highest BCUT2D eigenvalue weighted by molar-refractivity contribution is 5.96. The van der Waals surface area contributed by atoms with Crippen molar-refractivity contribution in [3.05, 3.63) is 17.2 Å². The quantitative estimate of drug-likeness (QED) is 0.856. The van der Waals surface area contributed by atoms with Gasteiger partial charge in [-0.25, -0.2) is 9.59 Å². The number of hydrogen-bond acceptors (Lipinski definition) is 5. The molecule has 0 bridgehead atoms. The maximum atomic E-state index is 11.9. The monoisotopic (exact) mass is 306 g/mol. The Kier molecular flexibility index (Phi) is 3.56. The molecule has 2 aliphatic heterocycles. The number of cyclic esters (lactones) is 2. The average molecular weight is 306 g/mol. The van der Waals surface area contributed by atoms with Gasteiger partial charge in [0.2, 0.25) is 0 Å². The molecule has 2 heterocycles. The highest BCUT2D eigenvalue weighted by Gasteiger charge is 2.32. The van der Waals surface area contributed by atoms with E-state index in [0.717, 1.165) is 16.8 Å². The molecule has 0 aliphatic carbocycles. The third kappa shape index (κ3) is 2.13. The largest absolute Gasteiger partial charge is 0.494 e. The summed E-state index contributed by atoms with van der Waals surface area (Å²) in [6.45, 7) is 5.49. The maximum Gasteiger partial charge on any atom is 0.414 e. The van der Waals surface area contributed by atoms with Crippen molar-refractivity contribution in [3.63, 3.8) is 0 Å². The molecule has 0 spiro atoms. The summed E-state index contributed by atoms with van der Waals surface area (Å²) in [6, 6.07) is 1.79. The summed E-state index contributed by atoms with van der Waals surface area (Å²) in [4.78, 5) is 26.8. The van der Waals surface area contributed by atoms with Crippen LogP contribution in [0.2, 0.25) is 0 Å². The smallest absolute Gasteiger partial charge is 0.414 e. The molecule has 7 nitrogen and oxygen atoms in total. The van der Waals surface area contributed by atoms with Crippen molar-refractivity contribution < 1.29 is 23.8 Å². The Morgan fingerprint density at radius 3 is 1.95 bits per heavy atom. The molecule has 7 heteroatoms. The molecule has 3 rings (SSSR count). The van der Waals surface area contributed by atoms with E-state index in [9.17, 15) is 9.59 Å². The number of carbonyl (C=O) groups excluding carboxylic acids is 2. The van der Waals surface area contributed by atoms with E-state index in [2.05, 4.69) is 0 Å². The minimum absolute atomic E-state index is 0.343. The molecule has 118 valence electrons. The topological polar surface area (TPSA) is 68.3 Å². The fourth-order valence-corrected chi connectivity index (χ4v) is 2.82. The fraction of sp³-hybridized carbons (Fsp3) is 0.467. The Balaban J connectivity index is 2.14. The van der Waals surface area contributed by atoms with Crippen LogP contribution in [-0.2, 0) is 9.47 Å². The number of anilines is 2. The van der Waals surface area contributed by atoms with Crippen LogP contribution in [0, 0.1) is 13.8 Å². The van der Waals surface area contributed by atoms with E-state index in [4.69, 9.17) is 14.2 Å². The number of carbonyl (C=O) groups is 2. The first-order valence-corrected chi connectivity index (χ1v) is 7.11. The molecule has 0 N–H and O–H groups in total. The van der Waals surface area contributed by atoms with Crippen LogP contribution in [0.15, 0.2) is 6.07 Å². The summed E-state index contributed by atoms with van der Waals surface area (Å²) >= 11 is 0. The molecule has 0 saturated carbocycles. The van der Waals surface area contributed by atoms with Gasteiger partial charge in [-0.2, -0.15) is 0 Å². The van der Waals surface area contributed by atoms with Gasteiger partial charge in [0.1, 0.15) is 19.0 Å². The van der Waals surface area contributed by atoms with Gasteiger partial charge >= 0.3 is 12.2 Å². The first-order chi connectivity index (χ1) is 10.5. The molecule has 22 heavy (non-hydrogen) atoms. The van der Waals surface area contributed by atoms with Crippen LogP contribution >= 0.6 is 0 Å². The minimum atomic E-state index is -0.406. The lowest BCUT2D eigenvalue weighted by molar-refractivity contribution is 0.180. The lowest BCUT2D eigenvalue weighted by atomic mass is 10.0. The molecule has 1 aromatic carbocycles. The third-order valence-electron chi connectivity index (χ3n) is 4.10. The van der Waals surface area contributed by atoms with E-state index in [1.165, 1.54) is 4.90 Å². The van der Waals surface area contributed by atoms with Crippen LogP contribution in [0.1, 0.15) is 11.1 Å². The van der Waals surface area contributed by atoms with Crippen molar-refractivity contribution >= 4 is 23.6 Å². The second-order valence-corrected chi connectivity index (χ2v) is 5.23. The Morgan fingerprint density at radius 2 is 1.50 bits per heavy atom. The van der Waals surface area contributed by atoms with Gasteiger partial charge < -0.3 is 14.2 Å². The Morgan fingerprint density at radius 1 is 0.955 bits per heavy atom. The Bertz CT molecular complexity index is 643. The van der Waals surface area contributed by atoms with Crippen molar-refractivity contribution in [2.45, 2.75) is 13.8 Å². The lowest BCUT2D eigenvalue weighted by Gasteiger charge is -2.24. The number of methoxy groups -OCH3 is 1. The van der Waals surface area contributed by atoms with E-state index >= 15 is 0 Å². The maximum absolute atomic E-state index is 11.9. The van der Waals surface area contributed by atoms with Gasteiger partial charge in [0.25, 0.3) is 0 Å². The number of hydrogen-bond donors (Lipinski definition) is 0. The minimum Gasteiger partial charge on any atom is -0.494 e. The van der Waals surface area contributed by atoms with Gasteiger partial charge in [0.05, 0.1) is 31.6 Å². The van der Waals surface area contributed by atoms with Crippen LogP contribution in [0.5, 0.6) is 5.75 Å². The van der Waals surface area contributed by atoms with E-state index in [0.29, 0.717) is 37.7 Å². The predicted molar refractivity (Wildman–Crippen MR) is 79.9 cm³/mol. The molecule has 0 unspecified atom stereocenters. The van der Waals surface area contributed by atoms with Crippen LogP contribution in [-0.4, -0.2) is 45.6 Å². The van der Waals surface area contributed by atoms with Crippen LogP contribution in [0.4, 0.5) is 21.0 Å². The van der Waals surface area contributed by atoms with Gasteiger partial charge in [-0.3, -0.25) is 9.80 Å². The lowest BCUT2D eigenvalue weighted by Crippen LogP contribution is -2.27. The van der Waals surface area contributed by atoms with E-state index in [1.54, 1.807) is 18.1 Å². The molecule has 0 radical (unpaired) electrons. The predicted octanol–water partition coefficient (Wildman–Crippen LogP) is 2.23. The summed E-state index contributed by atoms with van der Waals surface area (Å²) in [5.74, 6) is 0.618. The molecular weight excluding hydrogens is 288 g/mol. The van der Waals surface area contributed by atoms with Crippen LogP contribution in [0.3, 0.4) is 0 Å². The van der Waals surface area contributed by atoms with Crippen LogP contribution in [0.25, 0.3) is 0 Å². The van der Waals surface area contributed by atoms with E-state index in [1.807, 2.05) is 13.8 Å². The summed E-state index contributed by atoms with van der Waals surface area (Å²) in [5.41, 5.74) is 3.15. The van der Waals surface area contributed by atoms with Gasteiger partial charge in [0.15, 0.2) is 0 Å². The summed E-state index contributed by atoms with van der Waals surface area (Å²) in [6.07, 6.45) is -0.779. The SMILES string of the molecule is COc1c(N2CCOC2=O)cc(N2CCOC2=O)c(C)c1C. The highest BCUT2D eigenvalue weighted by atomic mass is 16.6. The third-order valence-corrected chi connectivity index (χ3v) is 4.10. The van der Waals surface area contributed by atoms with Crippen molar-refractivity contribution in [2.24, 2.45) is 0 Å². The number of amides is 2. The number of benzene rings is 1. The van der Waals surface area contributed by atoms with Crippen molar-refractivity contribution in [2.75, 3.05) is 43.2 Å². The van der Waals surface area contributed by atoms with Crippen molar-refractivity contribution in [1.82, 2.24) is 0 Å². The first-order valence-electron chi connectivity index (χ1n) is 7.11. The summed E-state index contributed by atoms with van der Waals surface area (Å²) < 4.78 is 15.5. The van der Waals surface area contributed by atoms with Gasteiger partial charge in [0, 0.05) is 0 Å². The second-order valence-electron chi connectivity index (χ2n) is 5.23. The Labute approximate surface area is 128 Å². The molecule has 0 aromatic heterocycles. The fourth-order valence-electron chi connectivity index (χ4n) is 2.82. The first kappa shape index (κ1) is 14.5. The van der Waals surface area contributed by atoms with Crippen molar-refractivity contribution in [1.29, 1.82) is 0 Å². The summed E-state index contributed by atoms with van der Waals surface area (Å²) in [5, 5.41) is 0. The number of nitrogens with zero attached hydrogens (tertiary/aromatic N) is 2. The number of rotatable bonds is 3. The van der Waals surface area contributed by atoms with E-state index in [-0.39, 0.29) is 6.09 Å². The van der Waals surface area contributed by atoms with Crippen molar-refractivity contribution in [3.8, 4) is 5.75 Å². The standard InChI is InChI=1S/C15H18N2O5/c1-9-10(2)13(20-3)12(17-5-7-22-15(17)19)8-11(9)16-4-6-21-14(16)18/h8H,4-7H2,1-3H3. The highest BCUT2D eigenvalue weighted by Crippen LogP contribution is 2.41.